The fraction of sp³-hybridized carbons (Fsp3) is 0.381. The van der Waals surface area contributed by atoms with Gasteiger partial charge in [0.2, 0.25) is 5.88 Å². The number of pyridine rings is 1. The molecule has 1 aliphatic rings. The van der Waals surface area contributed by atoms with Gasteiger partial charge in [-0.1, -0.05) is 30.3 Å². The second kappa shape index (κ2) is 8.66. The largest absolute Gasteiger partial charge is 0.481 e. The smallest absolute Gasteiger partial charge is 0.303 e. The van der Waals surface area contributed by atoms with E-state index in [1.54, 1.807) is 12.1 Å². The average molecular weight is 368 g/mol. The zero-order valence-corrected chi connectivity index (χ0v) is 15.4. The number of hydrogen-bond acceptors (Lipinski definition) is 4. The number of nitrogens with zero attached hydrogens (tertiary/aromatic N) is 2. The molecule has 1 fully saturated rings. The molecule has 0 aliphatic carbocycles. The van der Waals surface area contributed by atoms with E-state index in [9.17, 15) is 14.7 Å². The van der Waals surface area contributed by atoms with Crippen LogP contribution < -0.4 is 4.74 Å². The van der Waals surface area contributed by atoms with Crippen molar-refractivity contribution in [1.29, 1.82) is 0 Å². The number of benzene rings is 1. The van der Waals surface area contributed by atoms with Gasteiger partial charge in [0.05, 0.1) is 19.1 Å². The maximum atomic E-state index is 12.7. The second-order valence-electron chi connectivity index (χ2n) is 6.83. The molecule has 0 saturated carbocycles. The van der Waals surface area contributed by atoms with Gasteiger partial charge in [-0.25, -0.2) is 4.98 Å². The van der Waals surface area contributed by atoms with E-state index >= 15 is 0 Å². The third kappa shape index (κ3) is 4.64. The molecule has 6 heteroatoms. The van der Waals surface area contributed by atoms with Crippen LogP contribution in [0.4, 0.5) is 0 Å². The number of carbonyl (C=O) groups is 2. The predicted molar refractivity (Wildman–Crippen MR) is 101 cm³/mol. The minimum atomic E-state index is -0.785. The molecule has 1 aromatic heterocycles. The Hall–Kier alpha value is -2.89. The first kappa shape index (κ1) is 18.9. The van der Waals surface area contributed by atoms with Crippen LogP contribution >= 0.6 is 0 Å². The number of piperidine rings is 1. The molecule has 2 aromatic rings. The van der Waals surface area contributed by atoms with E-state index in [0.717, 1.165) is 18.4 Å². The summed E-state index contributed by atoms with van der Waals surface area (Å²) < 4.78 is 5.02. The lowest BCUT2D eigenvalue weighted by Crippen LogP contribution is -2.40. The summed E-state index contributed by atoms with van der Waals surface area (Å²) in [6.45, 7) is 1.25. The molecule has 1 saturated heterocycles. The first-order valence-corrected chi connectivity index (χ1v) is 9.14. The molecular weight excluding hydrogens is 344 g/mol. The molecule has 0 radical (unpaired) electrons. The van der Waals surface area contributed by atoms with E-state index in [4.69, 9.17) is 4.74 Å². The maximum Gasteiger partial charge on any atom is 0.303 e. The normalized spacial score (nSPS) is 16.0. The highest BCUT2D eigenvalue weighted by Crippen LogP contribution is 2.35. The first-order valence-electron chi connectivity index (χ1n) is 9.14. The Labute approximate surface area is 158 Å². The molecule has 1 unspecified atom stereocenters. The van der Waals surface area contributed by atoms with E-state index in [-0.39, 0.29) is 24.2 Å². The molecule has 0 bridgehead atoms. The van der Waals surface area contributed by atoms with Crippen LogP contribution in [0.5, 0.6) is 5.88 Å². The molecule has 27 heavy (non-hydrogen) atoms. The highest BCUT2D eigenvalue weighted by atomic mass is 16.5. The number of likely N-dealkylation sites (tertiary alicyclic amines) is 1. The molecule has 1 aliphatic heterocycles. The summed E-state index contributed by atoms with van der Waals surface area (Å²) in [7, 11) is 1.54. The van der Waals surface area contributed by atoms with Gasteiger partial charge in [0.15, 0.2) is 0 Å². The Kier molecular flexibility index (Phi) is 6.06. The van der Waals surface area contributed by atoms with Gasteiger partial charge in [-0.2, -0.15) is 0 Å². The molecule has 6 nitrogen and oxygen atoms in total. The van der Waals surface area contributed by atoms with E-state index in [1.165, 1.54) is 13.3 Å². The van der Waals surface area contributed by atoms with Crippen LogP contribution in [-0.2, 0) is 4.79 Å². The van der Waals surface area contributed by atoms with E-state index < -0.39 is 5.97 Å². The number of ether oxygens (including phenoxy) is 1. The van der Waals surface area contributed by atoms with Crippen LogP contribution in [-0.4, -0.2) is 47.1 Å². The van der Waals surface area contributed by atoms with Crippen molar-refractivity contribution in [2.45, 2.75) is 25.2 Å². The number of carbonyl (C=O) groups excluding carboxylic acids is 1. The molecule has 1 amide bonds. The fourth-order valence-electron chi connectivity index (χ4n) is 3.76. The lowest BCUT2D eigenvalue weighted by Gasteiger charge is -2.36. The van der Waals surface area contributed by atoms with Crippen LogP contribution in [0.25, 0.3) is 0 Å². The summed E-state index contributed by atoms with van der Waals surface area (Å²) in [6, 6.07) is 13.2. The second-order valence-corrected chi connectivity index (χ2v) is 6.83. The molecule has 2 heterocycles. The Morgan fingerprint density at radius 1 is 1.19 bits per heavy atom. The number of carboxylic acid groups (broad SMARTS) is 1. The number of carboxylic acids is 1. The van der Waals surface area contributed by atoms with Crippen LogP contribution in [0.2, 0.25) is 0 Å². The Balaban J connectivity index is 1.65. The minimum Gasteiger partial charge on any atom is -0.481 e. The standard InChI is InChI=1S/C21H24N2O4/c1-27-19-8-7-17(14-22-19)21(26)23-11-9-16(10-12-23)18(13-20(24)25)15-5-3-2-4-6-15/h2-8,14,16,18H,9-13H2,1H3,(H,24,25). The molecule has 1 N–H and O–H groups in total. The van der Waals surface area contributed by atoms with Crippen molar-refractivity contribution in [3.8, 4) is 5.88 Å². The van der Waals surface area contributed by atoms with Crippen molar-refractivity contribution in [1.82, 2.24) is 9.88 Å². The lowest BCUT2D eigenvalue weighted by molar-refractivity contribution is -0.137. The average Bonchev–Trinajstić information content (AvgIpc) is 2.72. The molecule has 142 valence electrons. The monoisotopic (exact) mass is 368 g/mol. The molecule has 0 spiro atoms. The summed E-state index contributed by atoms with van der Waals surface area (Å²) >= 11 is 0. The van der Waals surface area contributed by atoms with E-state index in [1.807, 2.05) is 35.2 Å². The van der Waals surface area contributed by atoms with Crippen LogP contribution in [0.1, 0.15) is 41.1 Å². The van der Waals surface area contributed by atoms with Gasteiger partial charge in [-0.05, 0) is 36.3 Å². The fourth-order valence-corrected chi connectivity index (χ4v) is 3.76. The molecule has 1 aromatic carbocycles. The predicted octanol–water partition coefficient (Wildman–Crippen LogP) is 3.20. The molecule has 1 atom stereocenters. The Bertz CT molecular complexity index is 769. The number of aromatic nitrogens is 1. The summed E-state index contributed by atoms with van der Waals surface area (Å²) in [4.78, 5) is 29.9. The van der Waals surface area contributed by atoms with Crippen LogP contribution in [0.15, 0.2) is 48.7 Å². The number of amides is 1. The van der Waals surface area contributed by atoms with E-state index in [2.05, 4.69) is 4.98 Å². The third-order valence-corrected chi connectivity index (χ3v) is 5.21. The minimum absolute atomic E-state index is 0.0244. The van der Waals surface area contributed by atoms with Gasteiger partial charge in [-0.15, -0.1) is 0 Å². The lowest BCUT2D eigenvalue weighted by atomic mass is 9.78. The van der Waals surface area contributed by atoms with E-state index in [0.29, 0.717) is 24.5 Å². The number of methoxy groups -OCH3 is 1. The van der Waals surface area contributed by atoms with Crippen LogP contribution in [0, 0.1) is 5.92 Å². The molecular formula is C21H24N2O4. The van der Waals surface area contributed by atoms with Crippen molar-refractivity contribution in [2.24, 2.45) is 5.92 Å². The van der Waals surface area contributed by atoms with Crippen molar-refractivity contribution in [3.63, 3.8) is 0 Å². The third-order valence-electron chi connectivity index (χ3n) is 5.21. The zero-order chi connectivity index (χ0) is 19.2. The molecule has 3 rings (SSSR count). The van der Waals surface area contributed by atoms with Gasteiger partial charge in [0, 0.05) is 25.4 Å². The number of rotatable bonds is 6. The summed E-state index contributed by atoms with van der Waals surface area (Å²) in [5.74, 6) is -0.125. The first-order chi connectivity index (χ1) is 13.1. The Morgan fingerprint density at radius 3 is 2.44 bits per heavy atom. The summed E-state index contributed by atoms with van der Waals surface area (Å²) in [5.41, 5.74) is 1.60. The van der Waals surface area contributed by atoms with Crippen molar-refractivity contribution in [3.05, 3.63) is 59.8 Å². The Morgan fingerprint density at radius 2 is 1.89 bits per heavy atom. The number of hydrogen-bond donors (Lipinski definition) is 1. The number of aliphatic carboxylic acids is 1. The van der Waals surface area contributed by atoms with Gasteiger partial charge >= 0.3 is 5.97 Å². The van der Waals surface area contributed by atoms with Crippen molar-refractivity contribution >= 4 is 11.9 Å². The zero-order valence-electron chi connectivity index (χ0n) is 15.4. The maximum absolute atomic E-state index is 12.7. The summed E-state index contributed by atoms with van der Waals surface area (Å²) in [6.07, 6.45) is 3.24. The summed E-state index contributed by atoms with van der Waals surface area (Å²) in [5, 5.41) is 9.33. The van der Waals surface area contributed by atoms with Crippen molar-refractivity contribution in [2.75, 3.05) is 20.2 Å². The van der Waals surface area contributed by atoms with Crippen molar-refractivity contribution < 1.29 is 19.4 Å². The highest BCUT2D eigenvalue weighted by molar-refractivity contribution is 5.94. The topological polar surface area (TPSA) is 79.7 Å². The van der Waals surface area contributed by atoms with Gasteiger partial charge in [0.25, 0.3) is 5.91 Å². The van der Waals surface area contributed by atoms with Crippen LogP contribution in [0.3, 0.4) is 0 Å². The SMILES string of the molecule is COc1ccc(C(=O)N2CCC(C(CC(=O)O)c3ccccc3)CC2)cn1. The highest BCUT2D eigenvalue weighted by Gasteiger charge is 2.31. The van der Waals surface area contributed by atoms with Gasteiger partial charge in [0.1, 0.15) is 0 Å². The van der Waals surface area contributed by atoms with Gasteiger partial charge < -0.3 is 14.7 Å². The quantitative estimate of drug-likeness (QED) is 0.847. The van der Waals surface area contributed by atoms with Gasteiger partial charge in [-0.3, -0.25) is 9.59 Å².